The molecule has 2 nitrogen and oxygen atoms in total. The van der Waals surface area contributed by atoms with E-state index in [0.29, 0.717) is 17.2 Å². The minimum absolute atomic E-state index is 0.597. The molecular formula is C10H11NO. The van der Waals surface area contributed by atoms with Gasteiger partial charge in [-0.2, -0.15) is 0 Å². The van der Waals surface area contributed by atoms with Crippen LogP contribution in [0.25, 0.3) is 0 Å². The molecule has 12 heavy (non-hydrogen) atoms. The zero-order valence-corrected chi connectivity index (χ0v) is 6.79. The molecule has 0 radical (unpaired) electrons. The zero-order valence-electron chi connectivity index (χ0n) is 6.79. The van der Waals surface area contributed by atoms with Crippen LogP contribution in [0.3, 0.4) is 0 Å². The van der Waals surface area contributed by atoms with Crippen LogP contribution in [0.5, 0.6) is 0 Å². The first-order valence-corrected chi connectivity index (χ1v) is 4.16. The highest BCUT2D eigenvalue weighted by molar-refractivity contribution is 5.83. The standard InChI is InChI=1S/C10H11NO/c11-10-5-8(7-1-2-7)3-4-9(10)6-12/h3-7H,1-2,11H2. The fourth-order valence-electron chi connectivity index (χ4n) is 1.37. The zero-order chi connectivity index (χ0) is 8.55. The van der Waals surface area contributed by atoms with Gasteiger partial charge in [0.15, 0.2) is 6.29 Å². The number of anilines is 1. The van der Waals surface area contributed by atoms with E-state index >= 15 is 0 Å². The third-order valence-electron chi connectivity index (χ3n) is 2.29. The van der Waals surface area contributed by atoms with Gasteiger partial charge in [-0.25, -0.2) is 0 Å². The van der Waals surface area contributed by atoms with Crippen molar-refractivity contribution in [2.75, 3.05) is 5.73 Å². The van der Waals surface area contributed by atoms with E-state index in [2.05, 4.69) is 0 Å². The molecule has 2 rings (SSSR count). The van der Waals surface area contributed by atoms with Gasteiger partial charge in [0, 0.05) is 11.3 Å². The summed E-state index contributed by atoms with van der Waals surface area (Å²) in [7, 11) is 0. The summed E-state index contributed by atoms with van der Waals surface area (Å²) in [4.78, 5) is 10.4. The van der Waals surface area contributed by atoms with Crippen LogP contribution < -0.4 is 5.73 Å². The molecule has 1 saturated carbocycles. The molecule has 0 saturated heterocycles. The van der Waals surface area contributed by atoms with Crippen LogP contribution in [-0.2, 0) is 0 Å². The van der Waals surface area contributed by atoms with E-state index < -0.39 is 0 Å². The quantitative estimate of drug-likeness (QED) is 0.532. The van der Waals surface area contributed by atoms with E-state index in [4.69, 9.17) is 5.73 Å². The number of carbonyl (C=O) groups is 1. The molecule has 1 aliphatic carbocycles. The highest BCUT2D eigenvalue weighted by Crippen LogP contribution is 2.40. The Morgan fingerprint density at radius 3 is 2.67 bits per heavy atom. The number of rotatable bonds is 2. The Kier molecular flexibility index (Phi) is 1.61. The molecule has 1 aliphatic rings. The summed E-state index contributed by atoms with van der Waals surface area (Å²) in [6, 6.07) is 5.72. The molecule has 1 aromatic carbocycles. The van der Waals surface area contributed by atoms with E-state index in [1.807, 2.05) is 12.1 Å². The van der Waals surface area contributed by atoms with E-state index in [-0.39, 0.29) is 0 Å². The number of hydrogen-bond acceptors (Lipinski definition) is 2. The molecule has 0 heterocycles. The van der Waals surface area contributed by atoms with Crippen molar-refractivity contribution in [3.05, 3.63) is 29.3 Å². The Hall–Kier alpha value is -1.31. The molecule has 2 heteroatoms. The summed E-state index contributed by atoms with van der Waals surface area (Å²) in [5.74, 6) is 0.702. The molecule has 0 spiro atoms. The van der Waals surface area contributed by atoms with Gasteiger partial charge in [0.2, 0.25) is 0 Å². The number of hydrogen-bond donors (Lipinski definition) is 1. The van der Waals surface area contributed by atoms with Crippen LogP contribution in [0.4, 0.5) is 5.69 Å². The third-order valence-corrected chi connectivity index (χ3v) is 2.29. The van der Waals surface area contributed by atoms with Crippen molar-refractivity contribution < 1.29 is 4.79 Å². The van der Waals surface area contributed by atoms with Crippen molar-refractivity contribution in [2.24, 2.45) is 0 Å². The summed E-state index contributed by atoms with van der Waals surface area (Å²) >= 11 is 0. The van der Waals surface area contributed by atoms with Gasteiger partial charge in [0.1, 0.15) is 0 Å². The van der Waals surface area contributed by atoms with E-state index in [9.17, 15) is 4.79 Å². The fraction of sp³-hybridized carbons (Fsp3) is 0.300. The lowest BCUT2D eigenvalue weighted by atomic mass is 10.1. The van der Waals surface area contributed by atoms with Crippen LogP contribution in [0.15, 0.2) is 18.2 Å². The lowest BCUT2D eigenvalue weighted by molar-refractivity contribution is 0.112. The van der Waals surface area contributed by atoms with Gasteiger partial charge in [-0.1, -0.05) is 6.07 Å². The molecule has 0 amide bonds. The lowest BCUT2D eigenvalue weighted by Crippen LogP contribution is -1.93. The predicted octanol–water partition coefficient (Wildman–Crippen LogP) is 1.96. The maximum absolute atomic E-state index is 10.4. The van der Waals surface area contributed by atoms with Crippen LogP contribution in [0, 0.1) is 0 Å². The van der Waals surface area contributed by atoms with Gasteiger partial charge in [-0.3, -0.25) is 4.79 Å². The maximum atomic E-state index is 10.4. The number of aldehydes is 1. The van der Waals surface area contributed by atoms with Crippen molar-refractivity contribution in [1.82, 2.24) is 0 Å². The van der Waals surface area contributed by atoms with Crippen molar-refractivity contribution >= 4 is 12.0 Å². The fourth-order valence-corrected chi connectivity index (χ4v) is 1.37. The van der Waals surface area contributed by atoms with E-state index in [0.717, 1.165) is 6.29 Å². The third kappa shape index (κ3) is 1.20. The minimum Gasteiger partial charge on any atom is -0.398 e. The topological polar surface area (TPSA) is 43.1 Å². The van der Waals surface area contributed by atoms with Gasteiger partial charge in [0.05, 0.1) is 0 Å². The van der Waals surface area contributed by atoms with Crippen LogP contribution in [-0.4, -0.2) is 6.29 Å². The van der Waals surface area contributed by atoms with Crippen molar-refractivity contribution in [3.8, 4) is 0 Å². The normalized spacial score (nSPS) is 16.0. The number of nitrogens with two attached hydrogens (primary N) is 1. The Morgan fingerprint density at radius 1 is 1.42 bits per heavy atom. The molecule has 1 aromatic rings. The van der Waals surface area contributed by atoms with Crippen LogP contribution >= 0.6 is 0 Å². The second kappa shape index (κ2) is 2.63. The average Bonchev–Trinajstić information content (AvgIpc) is 2.86. The molecule has 2 N–H and O–H groups in total. The van der Waals surface area contributed by atoms with Gasteiger partial charge in [0.25, 0.3) is 0 Å². The number of nitrogen functional groups attached to an aromatic ring is 1. The maximum Gasteiger partial charge on any atom is 0.152 e. The first kappa shape index (κ1) is 7.35. The summed E-state index contributed by atoms with van der Waals surface area (Å²) in [6.45, 7) is 0. The molecule has 0 aliphatic heterocycles. The first-order valence-electron chi connectivity index (χ1n) is 4.16. The summed E-state index contributed by atoms with van der Waals surface area (Å²) < 4.78 is 0. The summed E-state index contributed by atoms with van der Waals surface area (Å²) in [5.41, 5.74) is 8.14. The predicted molar refractivity (Wildman–Crippen MR) is 48.2 cm³/mol. The molecule has 62 valence electrons. The van der Waals surface area contributed by atoms with E-state index in [1.165, 1.54) is 18.4 Å². The van der Waals surface area contributed by atoms with Crippen molar-refractivity contribution in [1.29, 1.82) is 0 Å². The smallest absolute Gasteiger partial charge is 0.152 e. The average molecular weight is 161 g/mol. The number of carbonyl (C=O) groups excluding carboxylic acids is 1. The van der Waals surface area contributed by atoms with Crippen LogP contribution in [0.1, 0.15) is 34.7 Å². The van der Waals surface area contributed by atoms with Gasteiger partial charge < -0.3 is 5.73 Å². The minimum atomic E-state index is 0.597. The SMILES string of the molecule is Nc1cc(C2CC2)ccc1C=O. The van der Waals surface area contributed by atoms with E-state index in [1.54, 1.807) is 6.07 Å². The molecular weight excluding hydrogens is 150 g/mol. The monoisotopic (exact) mass is 161 g/mol. The van der Waals surface area contributed by atoms with Gasteiger partial charge in [-0.15, -0.1) is 0 Å². The largest absolute Gasteiger partial charge is 0.398 e. The number of benzene rings is 1. The Balaban J connectivity index is 2.36. The second-order valence-electron chi connectivity index (χ2n) is 3.28. The van der Waals surface area contributed by atoms with Gasteiger partial charge >= 0.3 is 0 Å². The summed E-state index contributed by atoms with van der Waals surface area (Å²) in [5, 5.41) is 0. The second-order valence-corrected chi connectivity index (χ2v) is 3.28. The Morgan fingerprint density at radius 2 is 2.17 bits per heavy atom. The molecule has 0 unspecified atom stereocenters. The first-order chi connectivity index (χ1) is 5.81. The molecule has 0 bridgehead atoms. The summed E-state index contributed by atoms with van der Waals surface area (Å²) in [6.07, 6.45) is 3.33. The van der Waals surface area contributed by atoms with Gasteiger partial charge in [-0.05, 0) is 36.5 Å². The molecule has 0 atom stereocenters. The van der Waals surface area contributed by atoms with Crippen LogP contribution in [0.2, 0.25) is 0 Å². The highest BCUT2D eigenvalue weighted by Gasteiger charge is 2.23. The molecule has 0 aromatic heterocycles. The Bertz CT molecular complexity index is 316. The molecule has 1 fully saturated rings. The lowest BCUT2D eigenvalue weighted by Gasteiger charge is -2.01. The van der Waals surface area contributed by atoms with Crippen molar-refractivity contribution in [3.63, 3.8) is 0 Å². The van der Waals surface area contributed by atoms with Crippen molar-refractivity contribution in [2.45, 2.75) is 18.8 Å². The Labute approximate surface area is 71.4 Å². The highest BCUT2D eigenvalue weighted by atomic mass is 16.1.